The monoisotopic (exact) mass is 299 g/mol. The lowest BCUT2D eigenvalue weighted by Crippen LogP contribution is -2.38. The van der Waals surface area contributed by atoms with E-state index < -0.39 is 9.85 Å². The molecule has 0 bridgehead atoms. The number of nitro groups is 2. The van der Waals surface area contributed by atoms with Crippen molar-refractivity contribution < 1.29 is 9.85 Å². The van der Waals surface area contributed by atoms with Crippen LogP contribution in [-0.2, 0) is 0 Å². The molecule has 0 N–H and O–H groups in total. The first-order valence-corrected chi connectivity index (χ1v) is 6.68. The van der Waals surface area contributed by atoms with E-state index in [-0.39, 0.29) is 28.1 Å². The van der Waals surface area contributed by atoms with Gasteiger partial charge in [-0.15, -0.1) is 0 Å². The second-order valence-corrected chi connectivity index (χ2v) is 5.25. The number of anilines is 1. The van der Waals surface area contributed by atoms with Crippen LogP contribution in [-0.4, -0.2) is 22.4 Å². The Bertz CT molecular complexity index is 564. The summed E-state index contributed by atoms with van der Waals surface area (Å²) in [6.07, 6.45) is 2.91. The number of halogens is 1. The Balaban J connectivity index is 2.56. The van der Waals surface area contributed by atoms with Crippen LogP contribution in [0.25, 0.3) is 0 Å². The van der Waals surface area contributed by atoms with Gasteiger partial charge in [0.1, 0.15) is 5.69 Å². The summed E-state index contributed by atoms with van der Waals surface area (Å²) in [6, 6.07) is 2.27. The number of benzene rings is 1. The SMILES string of the molecule is CC1CCCCN1c1c(Cl)cc([N+](=O)[O-])cc1[N+](=O)[O-]. The van der Waals surface area contributed by atoms with Crippen LogP contribution in [0, 0.1) is 20.2 Å². The molecule has 1 aromatic rings. The zero-order valence-electron chi connectivity index (χ0n) is 10.9. The minimum absolute atomic E-state index is 0.0552. The van der Waals surface area contributed by atoms with Crippen molar-refractivity contribution in [3.05, 3.63) is 37.4 Å². The van der Waals surface area contributed by atoms with E-state index in [4.69, 9.17) is 11.6 Å². The second kappa shape index (κ2) is 5.62. The van der Waals surface area contributed by atoms with Gasteiger partial charge in [0.25, 0.3) is 5.69 Å². The lowest BCUT2D eigenvalue weighted by Gasteiger charge is -2.35. The smallest absolute Gasteiger partial charge is 0.300 e. The van der Waals surface area contributed by atoms with Crippen LogP contribution in [0.2, 0.25) is 5.02 Å². The van der Waals surface area contributed by atoms with E-state index in [0.29, 0.717) is 6.54 Å². The van der Waals surface area contributed by atoms with E-state index in [1.807, 2.05) is 11.8 Å². The molecule has 1 aliphatic rings. The van der Waals surface area contributed by atoms with E-state index in [0.717, 1.165) is 25.3 Å². The normalized spacial score (nSPS) is 18.9. The van der Waals surface area contributed by atoms with Crippen molar-refractivity contribution in [2.24, 2.45) is 0 Å². The van der Waals surface area contributed by atoms with Crippen molar-refractivity contribution in [3.8, 4) is 0 Å². The summed E-state index contributed by atoms with van der Waals surface area (Å²) in [6.45, 7) is 2.64. The van der Waals surface area contributed by atoms with Gasteiger partial charge < -0.3 is 4.90 Å². The average molecular weight is 300 g/mol. The van der Waals surface area contributed by atoms with Crippen LogP contribution >= 0.6 is 11.6 Å². The highest BCUT2D eigenvalue weighted by Crippen LogP contribution is 2.41. The van der Waals surface area contributed by atoms with Crippen LogP contribution in [0.5, 0.6) is 0 Å². The topological polar surface area (TPSA) is 89.5 Å². The van der Waals surface area contributed by atoms with Crippen molar-refractivity contribution in [3.63, 3.8) is 0 Å². The molecule has 1 saturated heterocycles. The average Bonchev–Trinajstić information content (AvgIpc) is 2.38. The molecule has 0 saturated carbocycles. The van der Waals surface area contributed by atoms with Crippen LogP contribution in [0.3, 0.4) is 0 Å². The zero-order chi connectivity index (χ0) is 14.9. The van der Waals surface area contributed by atoms with Crippen molar-refractivity contribution in [1.29, 1.82) is 0 Å². The lowest BCUT2D eigenvalue weighted by molar-refractivity contribution is -0.393. The first kappa shape index (κ1) is 14.5. The summed E-state index contributed by atoms with van der Waals surface area (Å²) in [4.78, 5) is 22.6. The maximum Gasteiger partial charge on any atom is 0.300 e. The lowest BCUT2D eigenvalue weighted by atomic mass is 10.0. The Morgan fingerprint density at radius 3 is 2.50 bits per heavy atom. The minimum atomic E-state index is -0.678. The maximum atomic E-state index is 11.2. The maximum absolute atomic E-state index is 11.2. The number of non-ortho nitro benzene ring substituents is 1. The molecule has 0 spiro atoms. The molecule has 108 valence electrons. The third kappa shape index (κ3) is 2.67. The molecule has 20 heavy (non-hydrogen) atoms. The summed E-state index contributed by atoms with van der Waals surface area (Å²) in [7, 11) is 0. The largest absolute Gasteiger partial charge is 0.362 e. The van der Waals surface area contributed by atoms with Crippen molar-refractivity contribution in [2.75, 3.05) is 11.4 Å². The molecule has 2 rings (SSSR count). The van der Waals surface area contributed by atoms with Crippen LogP contribution in [0.1, 0.15) is 26.2 Å². The molecule has 1 heterocycles. The minimum Gasteiger partial charge on any atom is -0.362 e. The number of piperidine rings is 1. The van der Waals surface area contributed by atoms with Gasteiger partial charge in [0.2, 0.25) is 0 Å². The summed E-state index contributed by atoms with van der Waals surface area (Å²) < 4.78 is 0. The highest BCUT2D eigenvalue weighted by atomic mass is 35.5. The van der Waals surface area contributed by atoms with Gasteiger partial charge in [-0.1, -0.05) is 11.6 Å². The van der Waals surface area contributed by atoms with Gasteiger partial charge in [-0.2, -0.15) is 0 Å². The first-order valence-electron chi connectivity index (χ1n) is 6.30. The molecule has 8 heteroatoms. The van der Waals surface area contributed by atoms with Crippen molar-refractivity contribution >= 4 is 28.7 Å². The van der Waals surface area contributed by atoms with Crippen LogP contribution in [0.15, 0.2) is 12.1 Å². The summed E-state index contributed by atoms with van der Waals surface area (Å²) in [5.41, 5.74) is -0.387. The molecule has 1 aliphatic heterocycles. The Hall–Kier alpha value is -1.89. The molecule has 0 aliphatic carbocycles. The fourth-order valence-corrected chi connectivity index (χ4v) is 2.85. The van der Waals surface area contributed by atoms with E-state index in [1.165, 1.54) is 6.07 Å². The Kier molecular flexibility index (Phi) is 4.08. The summed E-state index contributed by atoms with van der Waals surface area (Å²) in [5, 5.41) is 22.0. The molecule has 1 aromatic carbocycles. The predicted octanol–water partition coefficient (Wildman–Crippen LogP) is 3.54. The highest BCUT2D eigenvalue weighted by Gasteiger charge is 2.30. The Labute approximate surface area is 120 Å². The molecule has 0 radical (unpaired) electrons. The first-order chi connectivity index (χ1) is 9.41. The van der Waals surface area contributed by atoms with Crippen LogP contribution < -0.4 is 4.90 Å². The molecule has 1 atom stereocenters. The molecule has 1 unspecified atom stereocenters. The third-order valence-corrected chi connectivity index (χ3v) is 3.81. The van der Waals surface area contributed by atoms with E-state index >= 15 is 0 Å². The third-order valence-electron chi connectivity index (χ3n) is 3.53. The fraction of sp³-hybridized carbons (Fsp3) is 0.500. The molecular formula is C12H14ClN3O4. The Morgan fingerprint density at radius 2 is 1.95 bits per heavy atom. The molecular weight excluding hydrogens is 286 g/mol. The van der Waals surface area contributed by atoms with Crippen molar-refractivity contribution in [1.82, 2.24) is 0 Å². The molecule has 0 amide bonds. The van der Waals surface area contributed by atoms with E-state index in [2.05, 4.69) is 0 Å². The number of nitro benzene ring substituents is 2. The molecule has 0 aromatic heterocycles. The van der Waals surface area contributed by atoms with Crippen LogP contribution in [0.4, 0.5) is 17.1 Å². The van der Waals surface area contributed by atoms with Gasteiger partial charge in [0, 0.05) is 18.7 Å². The second-order valence-electron chi connectivity index (χ2n) is 4.85. The van der Waals surface area contributed by atoms with Gasteiger partial charge in [0.15, 0.2) is 0 Å². The van der Waals surface area contributed by atoms with Gasteiger partial charge in [-0.25, -0.2) is 0 Å². The van der Waals surface area contributed by atoms with E-state index in [9.17, 15) is 20.2 Å². The number of hydrogen-bond acceptors (Lipinski definition) is 5. The van der Waals surface area contributed by atoms with Gasteiger partial charge in [0.05, 0.1) is 20.9 Å². The standard InChI is InChI=1S/C12H14ClN3O4/c1-8-4-2-3-5-14(8)12-10(13)6-9(15(17)18)7-11(12)16(19)20/h6-8H,2-5H2,1H3. The van der Waals surface area contributed by atoms with Gasteiger partial charge in [-0.3, -0.25) is 20.2 Å². The number of rotatable bonds is 3. The van der Waals surface area contributed by atoms with Gasteiger partial charge in [-0.05, 0) is 26.2 Å². The van der Waals surface area contributed by atoms with Gasteiger partial charge >= 0.3 is 5.69 Å². The quantitative estimate of drug-likeness (QED) is 0.629. The highest BCUT2D eigenvalue weighted by molar-refractivity contribution is 6.34. The molecule has 1 fully saturated rings. The molecule has 7 nitrogen and oxygen atoms in total. The van der Waals surface area contributed by atoms with Crippen molar-refractivity contribution in [2.45, 2.75) is 32.2 Å². The zero-order valence-corrected chi connectivity index (χ0v) is 11.7. The number of nitrogens with zero attached hydrogens (tertiary/aromatic N) is 3. The van der Waals surface area contributed by atoms with E-state index in [1.54, 1.807) is 0 Å². The predicted molar refractivity (Wildman–Crippen MR) is 75.4 cm³/mol. The number of hydrogen-bond donors (Lipinski definition) is 0. The fourth-order valence-electron chi connectivity index (χ4n) is 2.53. The summed E-state index contributed by atoms with van der Waals surface area (Å²) in [5.74, 6) is 0. The summed E-state index contributed by atoms with van der Waals surface area (Å²) >= 11 is 6.07. The Morgan fingerprint density at radius 1 is 1.25 bits per heavy atom.